The Hall–Kier alpha value is -3.61. The molecule has 0 atom stereocenters. The number of aromatic nitrogens is 2. The van der Waals surface area contributed by atoms with E-state index in [-0.39, 0.29) is 22.3 Å². The van der Waals surface area contributed by atoms with Crippen molar-refractivity contribution in [3.63, 3.8) is 0 Å². The molecule has 0 unspecified atom stereocenters. The molecule has 4 rings (SSSR count). The lowest BCUT2D eigenvalue weighted by Gasteiger charge is -2.10. The van der Waals surface area contributed by atoms with E-state index in [2.05, 4.69) is 16.9 Å². The van der Waals surface area contributed by atoms with Crippen LogP contribution in [0.5, 0.6) is 0 Å². The highest BCUT2D eigenvalue weighted by Crippen LogP contribution is 2.32. The molecule has 0 spiro atoms. The number of rotatable bonds is 8. The fourth-order valence-corrected chi connectivity index (χ4v) is 3.90. The fraction of sp³-hybridized carbons (Fsp3) is 0.214. The van der Waals surface area contributed by atoms with Crippen molar-refractivity contribution in [2.24, 2.45) is 0 Å². The van der Waals surface area contributed by atoms with E-state index in [1.54, 1.807) is 18.5 Å². The van der Waals surface area contributed by atoms with E-state index in [0.717, 1.165) is 49.4 Å². The van der Waals surface area contributed by atoms with E-state index in [1.165, 1.54) is 24.3 Å². The number of halogens is 5. The molecule has 0 radical (unpaired) electrons. The highest BCUT2D eigenvalue weighted by molar-refractivity contribution is 5.73. The Morgan fingerprint density at radius 3 is 1.77 bits per heavy atom. The van der Waals surface area contributed by atoms with Crippen LogP contribution in [0.3, 0.4) is 0 Å². The molecule has 0 aliphatic rings. The van der Waals surface area contributed by atoms with E-state index in [4.69, 9.17) is 0 Å². The van der Waals surface area contributed by atoms with Crippen LogP contribution in [0.2, 0.25) is 0 Å². The van der Waals surface area contributed by atoms with Gasteiger partial charge in [0.15, 0.2) is 5.82 Å². The normalized spacial score (nSPS) is 11.1. The van der Waals surface area contributed by atoms with Crippen molar-refractivity contribution in [1.82, 2.24) is 9.97 Å². The topological polar surface area (TPSA) is 25.8 Å². The van der Waals surface area contributed by atoms with Gasteiger partial charge in [-0.3, -0.25) is 0 Å². The zero-order chi connectivity index (χ0) is 24.9. The van der Waals surface area contributed by atoms with E-state index in [0.29, 0.717) is 11.4 Å². The second-order valence-corrected chi connectivity index (χ2v) is 8.31. The van der Waals surface area contributed by atoms with Gasteiger partial charge in [-0.05, 0) is 53.8 Å². The molecule has 180 valence electrons. The largest absolute Gasteiger partial charge is 0.246 e. The fourth-order valence-electron chi connectivity index (χ4n) is 3.90. The lowest BCUT2D eigenvalue weighted by molar-refractivity contribution is 0.440. The van der Waals surface area contributed by atoms with Gasteiger partial charge in [0.2, 0.25) is 0 Å². The molecule has 7 heteroatoms. The predicted molar refractivity (Wildman–Crippen MR) is 126 cm³/mol. The molecule has 1 heterocycles. The second kappa shape index (κ2) is 10.8. The van der Waals surface area contributed by atoms with Gasteiger partial charge in [-0.15, -0.1) is 0 Å². The molecule has 0 fully saturated rings. The highest BCUT2D eigenvalue weighted by Gasteiger charge is 2.16. The monoisotopic (exact) mass is 482 g/mol. The summed E-state index contributed by atoms with van der Waals surface area (Å²) in [6.45, 7) is 0.833. The Balaban J connectivity index is 1.58. The first kappa shape index (κ1) is 24.5. The lowest BCUT2D eigenvalue weighted by Crippen LogP contribution is -1.96. The molecule has 0 bridgehead atoms. The minimum absolute atomic E-state index is 0.0765. The predicted octanol–water partition coefficient (Wildman–Crippen LogP) is 8.24. The molecule has 0 saturated carbocycles. The highest BCUT2D eigenvalue weighted by atomic mass is 19.2. The summed E-state index contributed by atoms with van der Waals surface area (Å²) >= 11 is 0. The van der Waals surface area contributed by atoms with Crippen molar-refractivity contribution in [2.45, 2.75) is 39.3 Å². The maximum Gasteiger partial charge on any atom is 0.159 e. The van der Waals surface area contributed by atoms with Crippen LogP contribution >= 0.6 is 0 Å². The quantitative estimate of drug-likeness (QED) is 0.187. The number of benzene rings is 3. The standard InChI is InChI=1S/C28H23F5N2/c1-2-3-4-5-17-15-34-28(35-16-17)19-7-9-21(25(31)11-19)18-6-8-22(24(30)10-18)20-12-26(32)23(14-29)27(33)13-20/h6-13,15-16H,2-5,14H2,1H3. The zero-order valence-electron chi connectivity index (χ0n) is 19.1. The number of aryl methyl sites for hydroxylation is 1. The lowest BCUT2D eigenvalue weighted by atomic mass is 9.97. The van der Waals surface area contributed by atoms with Crippen LogP contribution in [0.25, 0.3) is 33.6 Å². The molecule has 0 saturated heterocycles. The first-order valence-corrected chi connectivity index (χ1v) is 11.4. The van der Waals surface area contributed by atoms with Gasteiger partial charge in [-0.25, -0.2) is 31.9 Å². The molecule has 2 nitrogen and oxygen atoms in total. The average molecular weight is 482 g/mol. The Bertz CT molecular complexity index is 1310. The van der Waals surface area contributed by atoms with Crippen molar-refractivity contribution in [3.05, 3.63) is 95.3 Å². The van der Waals surface area contributed by atoms with Crippen molar-refractivity contribution in [3.8, 4) is 33.6 Å². The summed E-state index contributed by atoms with van der Waals surface area (Å²) in [6.07, 6.45) is 7.69. The third-order valence-electron chi connectivity index (χ3n) is 5.87. The van der Waals surface area contributed by atoms with Gasteiger partial charge in [0, 0.05) is 29.1 Å². The van der Waals surface area contributed by atoms with E-state index < -0.39 is 35.5 Å². The van der Waals surface area contributed by atoms with Gasteiger partial charge in [0.1, 0.15) is 29.9 Å². The van der Waals surface area contributed by atoms with Crippen molar-refractivity contribution in [1.29, 1.82) is 0 Å². The smallest absolute Gasteiger partial charge is 0.159 e. The van der Waals surface area contributed by atoms with Crippen LogP contribution in [0.15, 0.2) is 60.9 Å². The van der Waals surface area contributed by atoms with Gasteiger partial charge in [-0.1, -0.05) is 44.0 Å². The Labute approximate surface area is 200 Å². The Morgan fingerprint density at radius 2 is 1.20 bits per heavy atom. The van der Waals surface area contributed by atoms with E-state index >= 15 is 0 Å². The van der Waals surface area contributed by atoms with Crippen molar-refractivity contribution < 1.29 is 22.0 Å². The van der Waals surface area contributed by atoms with Crippen LogP contribution in [0.1, 0.15) is 37.3 Å². The maximum absolute atomic E-state index is 14.9. The van der Waals surface area contributed by atoms with Gasteiger partial charge in [-0.2, -0.15) is 0 Å². The summed E-state index contributed by atoms with van der Waals surface area (Å²) < 4.78 is 70.4. The number of nitrogens with zero attached hydrogens (tertiary/aromatic N) is 2. The van der Waals surface area contributed by atoms with Crippen molar-refractivity contribution in [2.75, 3.05) is 0 Å². The SMILES string of the molecule is CCCCCc1cnc(-c2ccc(-c3ccc(-c4cc(F)c(CF)c(F)c4)c(F)c3)c(F)c2)nc1. The summed E-state index contributed by atoms with van der Waals surface area (Å²) in [4.78, 5) is 8.67. The molecule has 0 aliphatic carbocycles. The van der Waals surface area contributed by atoms with Gasteiger partial charge >= 0.3 is 0 Å². The summed E-state index contributed by atoms with van der Waals surface area (Å²) in [6, 6.07) is 10.0. The molecule has 0 aliphatic heterocycles. The zero-order valence-corrected chi connectivity index (χ0v) is 19.1. The number of hydrogen-bond acceptors (Lipinski definition) is 2. The molecule has 0 amide bonds. The van der Waals surface area contributed by atoms with Crippen LogP contribution < -0.4 is 0 Å². The summed E-state index contributed by atoms with van der Waals surface area (Å²) in [5, 5.41) is 0. The summed E-state index contributed by atoms with van der Waals surface area (Å²) in [5.74, 6) is -3.18. The van der Waals surface area contributed by atoms with Gasteiger partial charge in [0.05, 0.1) is 5.56 Å². The number of unbranched alkanes of at least 4 members (excludes halogenated alkanes) is 2. The summed E-state index contributed by atoms with van der Waals surface area (Å²) in [5.41, 5.74) is 1.05. The molecule has 1 aromatic heterocycles. The molecule has 35 heavy (non-hydrogen) atoms. The first-order valence-electron chi connectivity index (χ1n) is 11.4. The minimum Gasteiger partial charge on any atom is -0.246 e. The first-order chi connectivity index (χ1) is 16.9. The van der Waals surface area contributed by atoms with Crippen LogP contribution in [0.4, 0.5) is 22.0 Å². The Morgan fingerprint density at radius 1 is 0.657 bits per heavy atom. The minimum atomic E-state index is -1.30. The van der Waals surface area contributed by atoms with E-state index in [9.17, 15) is 22.0 Å². The van der Waals surface area contributed by atoms with Crippen molar-refractivity contribution >= 4 is 0 Å². The second-order valence-electron chi connectivity index (χ2n) is 8.31. The van der Waals surface area contributed by atoms with Gasteiger partial charge in [0.25, 0.3) is 0 Å². The van der Waals surface area contributed by atoms with Gasteiger partial charge < -0.3 is 0 Å². The average Bonchev–Trinajstić information content (AvgIpc) is 2.84. The molecular formula is C28H23F5N2. The maximum atomic E-state index is 14.9. The third-order valence-corrected chi connectivity index (χ3v) is 5.87. The van der Waals surface area contributed by atoms with Crippen LogP contribution in [-0.4, -0.2) is 9.97 Å². The summed E-state index contributed by atoms with van der Waals surface area (Å²) in [7, 11) is 0. The molecule has 0 N–H and O–H groups in total. The molecule has 3 aromatic carbocycles. The third kappa shape index (κ3) is 5.39. The Kier molecular flexibility index (Phi) is 7.54. The number of alkyl halides is 1. The molecule has 4 aromatic rings. The van der Waals surface area contributed by atoms with Crippen LogP contribution in [-0.2, 0) is 13.1 Å². The van der Waals surface area contributed by atoms with Crippen LogP contribution in [0, 0.1) is 23.3 Å². The number of hydrogen-bond donors (Lipinski definition) is 0. The van der Waals surface area contributed by atoms with E-state index in [1.807, 2.05) is 0 Å². The molecular weight excluding hydrogens is 459 g/mol.